The lowest BCUT2D eigenvalue weighted by Crippen LogP contribution is -2.30. The number of rotatable bonds is 13. The molecule has 0 fully saturated rings. The molecule has 0 saturated heterocycles. The molecule has 1 unspecified atom stereocenters. The number of thioether (sulfide) groups is 1. The second-order valence-electron chi connectivity index (χ2n) is 11.8. The third kappa shape index (κ3) is 9.37. The van der Waals surface area contributed by atoms with Gasteiger partial charge in [-0.3, -0.25) is 19.2 Å². The van der Waals surface area contributed by atoms with Crippen LogP contribution in [0, 0.1) is 0 Å². The fourth-order valence-corrected chi connectivity index (χ4v) is 6.38. The van der Waals surface area contributed by atoms with Gasteiger partial charge in [0.25, 0.3) is 11.8 Å². The largest absolute Gasteiger partial charge is 0.496 e. The molecule has 6 aromatic rings. The molecule has 3 amide bonds. The molecule has 0 bridgehead atoms. The van der Waals surface area contributed by atoms with E-state index in [9.17, 15) is 19.2 Å². The fourth-order valence-electron chi connectivity index (χ4n) is 5.36. The topological polar surface area (TPSA) is 127 Å². The van der Waals surface area contributed by atoms with Crippen molar-refractivity contribution in [3.63, 3.8) is 0 Å². The van der Waals surface area contributed by atoms with E-state index in [0.29, 0.717) is 39.8 Å². The predicted molar refractivity (Wildman–Crippen MR) is 208 cm³/mol. The number of para-hydroxylation sites is 1. The van der Waals surface area contributed by atoms with Crippen LogP contribution in [0.25, 0.3) is 17.4 Å². The molecule has 0 aliphatic rings. The molecule has 6 rings (SSSR count). The maximum absolute atomic E-state index is 13.7. The summed E-state index contributed by atoms with van der Waals surface area (Å²) in [7, 11) is 1.58. The first-order chi connectivity index (χ1) is 25.8. The zero-order valence-electron chi connectivity index (χ0n) is 28.9. The van der Waals surface area contributed by atoms with Gasteiger partial charge in [-0.1, -0.05) is 60.7 Å². The van der Waals surface area contributed by atoms with Crippen molar-refractivity contribution in [3.05, 3.63) is 174 Å². The molecule has 264 valence electrons. The van der Waals surface area contributed by atoms with Crippen molar-refractivity contribution in [3.8, 4) is 17.1 Å². The number of Topliss-reactive ketones (excluding diaryl/α,β-unsaturated/α-hetero) is 1. The van der Waals surface area contributed by atoms with Crippen LogP contribution in [0.5, 0.6) is 5.75 Å². The molecule has 10 heteroatoms. The lowest BCUT2D eigenvalue weighted by molar-refractivity contribution is -0.116. The number of hydrogen-bond acceptors (Lipinski definition) is 7. The maximum Gasteiger partial charge on any atom is 0.272 e. The van der Waals surface area contributed by atoms with Gasteiger partial charge < -0.3 is 25.1 Å². The zero-order valence-corrected chi connectivity index (χ0v) is 29.7. The van der Waals surface area contributed by atoms with Crippen molar-refractivity contribution in [2.75, 3.05) is 17.7 Å². The first kappa shape index (κ1) is 36.2. The van der Waals surface area contributed by atoms with Crippen molar-refractivity contribution in [1.82, 2.24) is 5.32 Å². The Kier molecular flexibility index (Phi) is 11.6. The summed E-state index contributed by atoms with van der Waals surface area (Å²) in [5, 5.41) is 7.95. The van der Waals surface area contributed by atoms with Gasteiger partial charge in [-0.05, 0) is 97.4 Å². The summed E-state index contributed by atoms with van der Waals surface area (Å²) in [5.41, 5.74) is 3.51. The first-order valence-electron chi connectivity index (χ1n) is 16.6. The smallest absolute Gasteiger partial charge is 0.272 e. The van der Waals surface area contributed by atoms with E-state index in [0.717, 1.165) is 16.0 Å². The number of amides is 3. The number of ketones is 1. The molecule has 0 saturated carbocycles. The van der Waals surface area contributed by atoms with Gasteiger partial charge in [-0.15, -0.1) is 11.8 Å². The Labute approximate surface area is 311 Å². The molecule has 5 aromatic carbocycles. The van der Waals surface area contributed by atoms with Crippen LogP contribution in [0.3, 0.4) is 0 Å². The van der Waals surface area contributed by atoms with Crippen LogP contribution in [-0.4, -0.2) is 30.6 Å². The standard InChI is InChI=1S/C43H35N3O6S/c1-28(47)29-17-19-32(20-18-29)45-43(50)40(30-11-5-3-6-12-30)53-35-24-21-33(22-25-35)44-42(49)37(46-41(48)31-13-7-4-8-14-31)27-34-23-26-39(52-34)36-15-9-10-16-38(36)51-2/h3-27,40H,1-2H3,(H,44,49)(H,45,50)(H,46,48). The molecule has 0 aliphatic heterocycles. The summed E-state index contributed by atoms with van der Waals surface area (Å²) >= 11 is 1.35. The van der Waals surface area contributed by atoms with E-state index in [4.69, 9.17) is 9.15 Å². The van der Waals surface area contributed by atoms with E-state index in [2.05, 4.69) is 16.0 Å². The lowest BCUT2D eigenvalue weighted by Gasteiger charge is -2.18. The van der Waals surface area contributed by atoms with Crippen molar-refractivity contribution in [2.45, 2.75) is 17.1 Å². The molecule has 1 atom stereocenters. The van der Waals surface area contributed by atoms with Gasteiger partial charge >= 0.3 is 0 Å². The second kappa shape index (κ2) is 17.0. The third-order valence-electron chi connectivity index (χ3n) is 8.08. The zero-order chi connectivity index (χ0) is 37.2. The highest BCUT2D eigenvalue weighted by atomic mass is 32.2. The molecule has 3 N–H and O–H groups in total. The van der Waals surface area contributed by atoms with Gasteiger partial charge in [0.1, 0.15) is 28.2 Å². The Hall–Kier alpha value is -6.65. The minimum atomic E-state index is -0.596. The number of anilines is 2. The van der Waals surface area contributed by atoms with Crippen molar-refractivity contribution >= 4 is 52.7 Å². The molecular weight excluding hydrogens is 687 g/mol. The summed E-state index contributed by atoms with van der Waals surface area (Å²) in [5.74, 6) is 0.189. The SMILES string of the molecule is COc1ccccc1-c1ccc(C=C(NC(=O)c2ccccc2)C(=O)Nc2ccc(SC(C(=O)Nc3ccc(C(C)=O)cc3)c3ccccc3)cc2)o1. The van der Waals surface area contributed by atoms with Crippen molar-refractivity contribution in [1.29, 1.82) is 0 Å². The van der Waals surface area contributed by atoms with Gasteiger partial charge in [-0.2, -0.15) is 0 Å². The first-order valence-corrected chi connectivity index (χ1v) is 17.5. The van der Waals surface area contributed by atoms with Gasteiger partial charge in [0, 0.05) is 33.5 Å². The number of ether oxygens (including phenoxy) is 1. The van der Waals surface area contributed by atoms with E-state index in [1.54, 1.807) is 86.0 Å². The van der Waals surface area contributed by atoms with Crippen LogP contribution in [-0.2, 0) is 9.59 Å². The van der Waals surface area contributed by atoms with E-state index in [1.807, 2.05) is 66.7 Å². The summed E-state index contributed by atoms with van der Waals surface area (Å²) in [6.07, 6.45) is 1.47. The van der Waals surface area contributed by atoms with Gasteiger partial charge in [0.2, 0.25) is 5.91 Å². The normalized spacial score (nSPS) is 11.6. The van der Waals surface area contributed by atoms with Crippen LogP contribution >= 0.6 is 11.8 Å². The van der Waals surface area contributed by atoms with Crippen LogP contribution in [0.1, 0.15) is 44.2 Å². The van der Waals surface area contributed by atoms with Crippen molar-refractivity contribution in [2.24, 2.45) is 0 Å². The van der Waals surface area contributed by atoms with Gasteiger partial charge in [-0.25, -0.2) is 0 Å². The fraction of sp³-hybridized carbons (Fsp3) is 0.0698. The Morgan fingerprint density at radius 2 is 1.30 bits per heavy atom. The number of benzene rings is 5. The van der Waals surface area contributed by atoms with E-state index in [-0.39, 0.29) is 17.4 Å². The number of nitrogens with one attached hydrogen (secondary N) is 3. The monoisotopic (exact) mass is 721 g/mol. The Morgan fingerprint density at radius 1 is 0.679 bits per heavy atom. The summed E-state index contributed by atoms with van der Waals surface area (Å²) in [4.78, 5) is 52.9. The number of methoxy groups -OCH3 is 1. The summed E-state index contributed by atoms with van der Waals surface area (Å²) in [6, 6.07) is 42.7. The summed E-state index contributed by atoms with van der Waals surface area (Å²) < 4.78 is 11.5. The molecule has 0 spiro atoms. The molecule has 0 aliphatic carbocycles. The van der Waals surface area contributed by atoms with Gasteiger partial charge in [0.15, 0.2) is 5.78 Å². The number of carbonyl (C=O) groups excluding carboxylic acids is 4. The summed E-state index contributed by atoms with van der Waals surface area (Å²) in [6.45, 7) is 1.49. The predicted octanol–water partition coefficient (Wildman–Crippen LogP) is 9.04. The molecule has 9 nitrogen and oxygen atoms in total. The molecular formula is C43H35N3O6S. The Bertz CT molecular complexity index is 2250. The number of furan rings is 1. The molecule has 0 radical (unpaired) electrons. The average molecular weight is 722 g/mol. The minimum Gasteiger partial charge on any atom is -0.496 e. The average Bonchev–Trinajstić information content (AvgIpc) is 3.66. The minimum absolute atomic E-state index is 0.0321. The number of hydrogen-bond donors (Lipinski definition) is 3. The van der Waals surface area contributed by atoms with Gasteiger partial charge in [0.05, 0.1) is 12.7 Å². The lowest BCUT2D eigenvalue weighted by atomic mass is 10.1. The van der Waals surface area contributed by atoms with E-state index in [1.165, 1.54) is 24.8 Å². The maximum atomic E-state index is 13.7. The highest BCUT2D eigenvalue weighted by Crippen LogP contribution is 2.37. The Morgan fingerprint density at radius 3 is 1.98 bits per heavy atom. The van der Waals surface area contributed by atoms with E-state index >= 15 is 0 Å². The third-order valence-corrected chi connectivity index (χ3v) is 9.35. The van der Waals surface area contributed by atoms with Crippen LogP contribution in [0.15, 0.2) is 161 Å². The number of carbonyl (C=O) groups is 4. The molecule has 53 heavy (non-hydrogen) atoms. The second-order valence-corrected chi connectivity index (χ2v) is 13.0. The van der Waals surface area contributed by atoms with Crippen LogP contribution in [0.2, 0.25) is 0 Å². The van der Waals surface area contributed by atoms with Crippen LogP contribution in [0.4, 0.5) is 11.4 Å². The van der Waals surface area contributed by atoms with E-state index < -0.39 is 17.1 Å². The Balaban J connectivity index is 1.20. The van der Waals surface area contributed by atoms with Crippen LogP contribution < -0.4 is 20.7 Å². The van der Waals surface area contributed by atoms with Crippen molar-refractivity contribution < 1.29 is 28.3 Å². The highest BCUT2D eigenvalue weighted by Gasteiger charge is 2.23. The highest BCUT2D eigenvalue weighted by molar-refractivity contribution is 8.00. The quantitative estimate of drug-likeness (QED) is 0.0617. The molecule has 1 heterocycles. The molecule has 1 aromatic heterocycles.